The smallest absolute Gasteiger partial charge is 0.258 e. The van der Waals surface area contributed by atoms with Gasteiger partial charge in [-0.1, -0.05) is 52.1 Å². The number of anilines is 1. The molecule has 1 heterocycles. The van der Waals surface area contributed by atoms with Crippen LogP contribution < -0.4 is 5.73 Å². The van der Waals surface area contributed by atoms with E-state index in [-0.39, 0.29) is 0 Å². The Bertz CT molecular complexity index is 794. The third kappa shape index (κ3) is 2.83. The van der Waals surface area contributed by atoms with Crippen molar-refractivity contribution in [3.8, 4) is 22.8 Å². The fourth-order valence-corrected chi connectivity index (χ4v) is 2.47. The molecule has 0 bridgehead atoms. The number of nitrogens with zero attached hydrogens (tertiary/aromatic N) is 2. The third-order valence-electron chi connectivity index (χ3n) is 2.83. The predicted molar refractivity (Wildman–Crippen MR) is 84.6 cm³/mol. The molecule has 0 radical (unpaired) electrons. The molecule has 2 N–H and O–H groups in total. The maximum absolute atomic E-state index is 6.00. The first-order valence-electron chi connectivity index (χ1n) is 5.89. The van der Waals surface area contributed by atoms with Crippen molar-refractivity contribution in [1.82, 2.24) is 10.1 Å². The summed E-state index contributed by atoms with van der Waals surface area (Å²) in [4.78, 5) is 4.31. The summed E-state index contributed by atoms with van der Waals surface area (Å²) >= 11 is 17.9. The van der Waals surface area contributed by atoms with Crippen LogP contribution in [0.15, 0.2) is 40.9 Å². The van der Waals surface area contributed by atoms with Crippen LogP contribution in [-0.2, 0) is 0 Å². The van der Waals surface area contributed by atoms with Crippen LogP contribution in [0.2, 0.25) is 15.1 Å². The first-order valence-corrected chi connectivity index (χ1v) is 7.02. The Morgan fingerprint density at radius 1 is 0.952 bits per heavy atom. The molecule has 0 fully saturated rings. The molecule has 106 valence electrons. The number of hydrogen-bond acceptors (Lipinski definition) is 4. The van der Waals surface area contributed by atoms with Crippen molar-refractivity contribution in [3.05, 3.63) is 51.5 Å². The number of aromatic nitrogens is 2. The van der Waals surface area contributed by atoms with E-state index in [1.807, 2.05) is 12.1 Å². The summed E-state index contributed by atoms with van der Waals surface area (Å²) in [5.74, 6) is 0.727. The van der Waals surface area contributed by atoms with Crippen LogP contribution in [0.1, 0.15) is 0 Å². The van der Waals surface area contributed by atoms with Crippen molar-refractivity contribution in [2.75, 3.05) is 5.73 Å². The molecule has 0 aliphatic heterocycles. The first kappa shape index (κ1) is 14.2. The van der Waals surface area contributed by atoms with Gasteiger partial charge in [-0.3, -0.25) is 0 Å². The van der Waals surface area contributed by atoms with Crippen molar-refractivity contribution in [2.45, 2.75) is 0 Å². The van der Waals surface area contributed by atoms with Crippen LogP contribution >= 0.6 is 34.8 Å². The van der Waals surface area contributed by atoms with Crippen LogP contribution in [0, 0.1) is 0 Å². The molecule has 0 aliphatic rings. The number of hydrogen-bond donors (Lipinski definition) is 1. The highest BCUT2D eigenvalue weighted by Crippen LogP contribution is 2.33. The van der Waals surface area contributed by atoms with Crippen molar-refractivity contribution in [1.29, 1.82) is 0 Å². The molecule has 3 rings (SSSR count). The zero-order valence-corrected chi connectivity index (χ0v) is 12.7. The summed E-state index contributed by atoms with van der Waals surface area (Å²) < 4.78 is 5.23. The number of nitrogens with two attached hydrogens (primary N) is 1. The summed E-state index contributed by atoms with van der Waals surface area (Å²) in [6.45, 7) is 0. The lowest BCUT2D eigenvalue weighted by atomic mass is 10.2. The molecule has 7 heteroatoms. The van der Waals surface area contributed by atoms with Crippen molar-refractivity contribution in [2.24, 2.45) is 0 Å². The Morgan fingerprint density at radius 3 is 2.33 bits per heavy atom. The Labute approximate surface area is 135 Å². The molecule has 0 saturated heterocycles. The van der Waals surface area contributed by atoms with Crippen LogP contribution in [0.5, 0.6) is 0 Å². The zero-order chi connectivity index (χ0) is 15.0. The second-order valence-electron chi connectivity index (χ2n) is 4.29. The fraction of sp³-hybridized carbons (Fsp3) is 0. The fourth-order valence-electron chi connectivity index (χ4n) is 1.79. The second kappa shape index (κ2) is 5.56. The van der Waals surface area contributed by atoms with E-state index in [1.54, 1.807) is 24.3 Å². The van der Waals surface area contributed by atoms with Crippen LogP contribution in [-0.4, -0.2) is 10.1 Å². The largest absolute Gasteiger partial charge is 0.396 e. The maximum atomic E-state index is 6.00. The molecule has 1 aromatic heterocycles. The van der Waals surface area contributed by atoms with E-state index in [9.17, 15) is 0 Å². The molecule has 0 amide bonds. The van der Waals surface area contributed by atoms with Gasteiger partial charge in [0.25, 0.3) is 5.89 Å². The first-order chi connectivity index (χ1) is 10.0. The molecule has 0 spiro atoms. The van der Waals surface area contributed by atoms with Crippen molar-refractivity contribution in [3.63, 3.8) is 0 Å². The van der Waals surface area contributed by atoms with Gasteiger partial charge in [0.05, 0.1) is 15.7 Å². The summed E-state index contributed by atoms with van der Waals surface area (Å²) in [6, 6.07) is 10.4. The van der Waals surface area contributed by atoms with E-state index < -0.39 is 0 Å². The average molecular weight is 341 g/mol. The molecule has 21 heavy (non-hydrogen) atoms. The Balaban J connectivity index is 2.02. The number of rotatable bonds is 2. The molecule has 4 nitrogen and oxygen atoms in total. The van der Waals surface area contributed by atoms with E-state index in [0.717, 1.165) is 5.56 Å². The van der Waals surface area contributed by atoms with E-state index in [2.05, 4.69) is 10.1 Å². The summed E-state index contributed by atoms with van der Waals surface area (Å²) in [5.41, 5.74) is 7.36. The van der Waals surface area contributed by atoms with Gasteiger partial charge in [-0.2, -0.15) is 4.98 Å². The molecule has 0 unspecified atom stereocenters. The van der Waals surface area contributed by atoms with Gasteiger partial charge in [0.1, 0.15) is 0 Å². The minimum atomic E-state index is 0.300. The lowest BCUT2D eigenvalue weighted by Gasteiger charge is -2.02. The highest BCUT2D eigenvalue weighted by molar-refractivity contribution is 6.39. The van der Waals surface area contributed by atoms with E-state index in [0.29, 0.717) is 38.0 Å². The van der Waals surface area contributed by atoms with Crippen molar-refractivity contribution >= 4 is 40.5 Å². The molecular formula is C14H8Cl3N3O. The molecule has 0 atom stereocenters. The van der Waals surface area contributed by atoms with Gasteiger partial charge >= 0.3 is 0 Å². The molecular weight excluding hydrogens is 333 g/mol. The van der Waals surface area contributed by atoms with Gasteiger partial charge in [-0.25, -0.2) is 0 Å². The normalized spacial score (nSPS) is 10.8. The highest BCUT2D eigenvalue weighted by Gasteiger charge is 2.14. The Hall–Kier alpha value is -1.75. The summed E-state index contributed by atoms with van der Waals surface area (Å²) in [5, 5.41) is 5.19. The molecule has 0 aliphatic carbocycles. The van der Waals surface area contributed by atoms with Gasteiger partial charge in [-0.15, -0.1) is 0 Å². The topological polar surface area (TPSA) is 64.9 Å². The van der Waals surface area contributed by atoms with Crippen LogP contribution in [0.3, 0.4) is 0 Å². The van der Waals surface area contributed by atoms with Gasteiger partial charge < -0.3 is 10.3 Å². The maximum Gasteiger partial charge on any atom is 0.258 e. The minimum absolute atomic E-state index is 0.300. The van der Waals surface area contributed by atoms with Crippen LogP contribution in [0.4, 0.5) is 5.69 Å². The van der Waals surface area contributed by atoms with Crippen molar-refractivity contribution < 1.29 is 4.52 Å². The number of nitrogen functional groups attached to an aromatic ring is 1. The molecule has 2 aromatic carbocycles. The van der Waals surface area contributed by atoms with E-state index in [1.165, 1.54) is 0 Å². The van der Waals surface area contributed by atoms with Gasteiger partial charge in [0.15, 0.2) is 0 Å². The highest BCUT2D eigenvalue weighted by atomic mass is 35.5. The standard InChI is InChI=1S/C14H8Cl3N3O/c15-9-3-1-2-7(4-9)13-19-14(21-20-13)8-5-10(16)12(18)11(17)6-8/h1-6H,18H2. The van der Waals surface area contributed by atoms with Gasteiger partial charge in [0, 0.05) is 16.1 Å². The zero-order valence-electron chi connectivity index (χ0n) is 10.5. The predicted octanol–water partition coefficient (Wildman–Crippen LogP) is 4.95. The monoisotopic (exact) mass is 339 g/mol. The quantitative estimate of drug-likeness (QED) is 0.671. The Morgan fingerprint density at radius 2 is 1.67 bits per heavy atom. The third-order valence-corrected chi connectivity index (χ3v) is 3.70. The molecule has 0 saturated carbocycles. The van der Waals surface area contributed by atoms with Gasteiger partial charge in [0.2, 0.25) is 5.82 Å². The Kier molecular flexibility index (Phi) is 3.76. The van der Waals surface area contributed by atoms with Gasteiger partial charge in [-0.05, 0) is 24.3 Å². The lowest BCUT2D eigenvalue weighted by molar-refractivity contribution is 0.432. The number of halogens is 3. The summed E-state index contributed by atoms with van der Waals surface area (Å²) in [6.07, 6.45) is 0. The molecule has 3 aromatic rings. The SMILES string of the molecule is Nc1c(Cl)cc(-c2nc(-c3cccc(Cl)c3)no2)cc1Cl. The lowest BCUT2D eigenvalue weighted by Crippen LogP contribution is -1.89. The number of benzene rings is 2. The van der Waals surface area contributed by atoms with Crippen LogP contribution in [0.25, 0.3) is 22.8 Å². The van der Waals surface area contributed by atoms with E-state index >= 15 is 0 Å². The minimum Gasteiger partial charge on any atom is -0.396 e. The second-order valence-corrected chi connectivity index (χ2v) is 5.54. The summed E-state index contributed by atoms with van der Waals surface area (Å²) in [7, 11) is 0. The average Bonchev–Trinajstić information content (AvgIpc) is 2.94. The van der Waals surface area contributed by atoms with E-state index in [4.69, 9.17) is 45.1 Å².